The molecule has 1 saturated carbocycles. The molecule has 1 aliphatic carbocycles. The first-order chi connectivity index (χ1) is 8.86. The van der Waals surface area contributed by atoms with Crippen LogP contribution in [-0.4, -0.2) is 48.4 Å². The lowest BCUT2D eigenvalue weighted by Gasteiger charge is -2.16. The molecule has 6 heteroatoms. The maximum Gasteiger partial charge on any atom is 0.307 e. The molecule has 108 valence electrons. The monoisotopic (exact) mass is 270 g/mol. The van der Waals surface area contributed by atoms with Crippen LogP contribution in [0.15, 0.2) is 0 Å². The topological polar surface area (TPSA) is 86.7 Å². The Morgan fingerprint density at radius 3 is 2.26 bits per heavy atom. The van der Waals surface area contributed by atoms with Gasteiger partial charge in [-0.25, -0.2) is 0 Å². The molecule has 0 spiro atoms. The summed E-state index contributed by atoms with van der Waals surface area (Å²) in [7, 11) is 3.22. The van der Waals surface area contributed by atoms with E-state index in [2.05, 4.69) is 5.32 Å². The number of carbonyl (C=O) groups excluding carboxylic acids is 2. The molecule has 3 atom stereocenters. The van der Waals surface area contributed by atoms with Gasteiger partial charge < -0.3 is 15.3 Å². The molecule has 0 radical (unpaired) electrons. The largest absolute Gasteiger partial charge is 0.481 e. The molecule has 2 amide bonds. The summed E-state index contributed by atoms with van der Waals surface area (Å²) >= 11 is 0. The minimum absolute atomic E-state index is 0.0779. The summed E-state index contributed by atoms with van der Waals surface area (Å²) in [6.45, 7) is 1.92. The van der Waals surface area contributed by atoms with E-state index in [4.69, 9.17) is 5.11 Å². The Kier molecular flexibility index (Phi) is 5.32. The molecule has 1 unspecified atom stereocenters. The van der Waals surface area contributed by atoms with Crippen LogP contribution in [0.2, 0.25) is 0 Å². The fraction of sp³-hybridized carbons (Fsp3) is 0.769. The van der Waals surface area contributed by atoms with Gasteiger partial charge in [0.2, 0.25) is 11.8 Å². The lowest BCUT2D eigenvalue weighted by atomic mass is 9.95. The minimum atomic E-state index is -0.921. The van der Waals surface area contributed by atoms with Gasteiger partial charge in [-0.15, -0.1) is 0 Å². The third kappa shape index (κ3) is 3.94. The standard InChI is InChI=1S/C13H22N2O4/c1-4-8-5-9(10(6-8)13(18)19)12(17)14-7-11(16)15(2)3/h8-10H,4-7H2,1-3H3,(H,14,17)(H,18,19)/t8?,9-,10+/m0/s1. The number of carboxylic acid groups (broad SMARTS) is 1. The molecule has 0 aromatic heterocycles. The van der Waals surface area contributed by atoms with Crippen LogP contribution in [0, 0.1) is 17.8 Å². The highest BCUT2D eigenvalue weighted by Crippen LogP contribution is 2.38. The number of nitrogens with zero attached hydrogens (tertiary/aromatic N) is 1. The molecule has 2 N–H and O–H groups in total. The van der Waals surface area contributed by atoms with Crippen LogP contribution in [0.25, 0.3) is 0 Å². The van der Waals surface area contributed by atoms with E-state index in [0.717, 1.165) is 6.42 Å². The summed E-state index contributed by atoms with van der Waals surface area (Å²) in [4.78, 5) is 36.0. The van der Waals surface area contributed by atoms with Crippen molar-refractivity contribution in [3.8, 4) is 0 Å². The van der Waals surface area contributed by atoms with Crippen LogP contribution >= 0.6 is 0 Å². The van der Waals surface area contributed by atoms with Crippen molar-refractivity contribution >= 4 is 17.8 Å². The Morgan fingerprint density at radius 2 is 1.79 bits per heavy atom. The maximum atomic E-state index is 12.0. The highest BCUT2D eigenvalue weighted by atomic mass is 16.4. The molecule has 0 aliphatic heterocycles. The number of hydrogen-bond acceptors (Lipinski definition) is 3. The van der Waals surface area contributed by atoms with Gasteiger partial charge in [-0.05, 0) is 18.8 Å². The predicted molar refractivity (Wildman–Crippen MR) is 69.3 cm³/mol. The summed E-state index contributed by atoms with van der Waals surface area (Å²) in [5.41, 5.74) is 0. The number of nitrogens with one attached hydrogen (secondary N) is 1. The van der Waals surface area contributed by atoms with Crippen LogP contribution in [0.5, 0.6) is 0 Å². The zero-order valence-corrected chi connectivity index (χ0v) is 11.7. The van der Waals surface area contributed by atoms with Crippen LogP contribution in [0.4, 0.5) is 0 Å². The van der Waals surface area contributed by atoms with Gasteiger partial charge in [-0.1, -0.05) is 13.3 Å². The first-order valence-electron chi connectivity index (χ1n) is 6.57. The molecule has 1 rings (SSSR count). The van der Waals surface area contributed by atoms with Gasteiger partial charge in [0.25, 0.3) is 0 Å². The van der Waals surface area contributed by atoms with E-state index in [0.29, 0.717) is 12.8 Å². The summed E-state index contributed by atoms with van der Waals surface area (Å²) < 4.78 is 0. The summed E-state index contributed by atoms with van der Waals surface area (Å²) in [5.74, 6) is -2.31. The fourth-order valence-corrected chi connectivity index (χ4v) is 2.49. The number of hydrogen-bond donors (Lipinski definition) is 2. The number of likely N-dealkylation sites (N-methyl/N-ethyl adjacent to an activating group) is 1. The number of rotatable bonds is 5. The molecule has 1 fully saturated rings. The lowest BCUT2D eigenvalue weighted by molar-refractivity contribution is -0.146. The Morgan fingerprint density at radius 1 is 1.21 bits per heavy atom. The molecular formula is C13H22N2O4. The van der Waals surface area contributed by atoms with E-state index < -0.39 is 17.8 Å². The van der Waals surface area contributed by atoms with E-state index >= 15 is 0 Å². The lowest BCUT2D eigenvalue weighted by Crippen LogP contribution is -2.41. The van der Waals surface area contributed by atoms with Crippen LogP contribution in [0.3, 0.4) is 0 Å². The fourth-order valence-electron chi connectivity index (χ4n) is 2.49. The van der Waals surface area contributed by atoms with Gasteiger partial charge in [0.05, 0.1) is 18.4 Å². The molecule has 6 nitrogen and oxygen atoms in total. The second kappa shape index (κ2) is 6.54. The highest BCUT2D eigenvalue weighted by molar-refractivity contribution is 5.88. The van der Waals surface area contributed by atoms with E-state index in [1.807, 2.05) is 6.92 Å². The molecule has 0 aromatic rings. The molecule has 0 heterocycles. The Hall–Kier alpha value is -1.59. The second-order valence-electron chi connectivity index (χ2n) is 5.30. The molecule has 19 heavy (non-hydrogen) atoms. The highest BCUT2D eigenvalue weighted by Gasteiger charge is 2.42. The van der Waals surface area contributed by atoms with Crippen molar-refractivity contribution in [3.05, 3.63) is 0 Å². The third-order valence-electron chi connectivity index (χ3n) is 3.80. The van der Waals surface area contributed by atoms with Gasteiger partial charge in [0.15, 0.2) is 0 Å². The first-order valence-corrected chi connectivity index (χ1v) is 6.57. The number of carboxylic acids is 1. The van der Waals surface area contributed by atoms with Crippen LogP contribution < -0.4 is 5.32 Å². The van der Waals surface area contributed by atoms with Gasteiger partial charge in [0, 0.05) is 14.1 Å². The van der Waals surface area contributed by atoms with E-state index in [1.54, 1.807) is 14.1 Å². The number of aliphatic carboxylic acids is 1. The van der Waals surface area contributed by atoms with Crippen molar-refractivity contribution < 1.29 is 19.5 Å². The van der Waals surface area contributed by atoms with Crippen molar-refractivity contribution in [2.24, 2.45) is 17.8 Å². The van der Waals surface area contributed by atoms with E-state index in [1.165, 1.54) is 4.90 Å². The Balaban J connectivity index is 2.59. The average molecular weight is 270 g/mol. The van der Waals surface area contributed by atoms with Gasteiger partial charge in [-0.3, -0.25) is 14.4 Å². The van der Waals surface area contributed by atoms with Crippen LogP contribution in [0.1, 0.15) is 26.2 Å². The first kappa shape index (κ1) is 15.5. The van der Waals surface area contributed by atoms with Gasteiger partial charge >= 0.3 is 5.97 Å². The minimum Gasteiger partial charge on any atom is -0.481 e. The Labute approximate surface area is 113 Å². The normalized spacial score (nSPS) is 25.9. The molecular weight excluding hydrogens is 248 g/mol. The van der Waals surface area contributed by atoms with Crippen LogP contribution in [-0.2, 0) is 14.4 Å². The van der Waals surface area contributed by atoms with Gasteiger partial charge in [-0.2, -0.15) is 0 Å². The van der Waals surface area contributed by atoms with Crippen molar-refractivity contribution in [3.63, 3.8) is 0 Å². The van der Waals surface area contributed by atoms with Crippen molar-refractivity contribution in [1.82, 2.24) is 10.2 Å². The summed E-state index contributed by atoms with van der Waals surface area (Å²) in [6, 6.07) is 0. The zero-order chi connectivity index (χ0) is 14.6. The third-order valence-corrected chi connectivity index (χ3v) is 3.80. The molecule has 0 bridgehead atoms. The SMILES string of the molecule is CCC1C[C@H](C(=O)NCC(=O)N(C)C)[C@H](C(=O)O)C1. The molecule has 1 aliphatic rings. The van der Waals surface area contributed by atoms with Gasteiger partial charge in [0.1, 0.15) is 0 Å². The molecule has 0 aromatic carbocycles. The summed E-state index contributed by atoms with van der Waals surface area (Å²) in [6.07, 6.45) is 2.02. The molecule has 0 saturated heterocycles. The smallest absolute Gasteiger partial charge is 0.307 e. The van der Waals surface area contributed by atoms with E-state index in [-0.39, 0.29) is 24.3 Å². The second-order valence-corrected chi connectivity index (χ2v) is 5.30. The number of carbonyl (C=O) groups is 3. The summed E-state index contributed by atoms with van der Waals surface area (Å²) in [5, 5.41) is 11.7. The Bertz CT molecular complexity index is 368. The zero-order valence-electron chi connectivity index (χ0n) is 11.7. The van der Waals surface area contributed by atoms with Crippen molar-refractivity contribution in [2.45, 2.75) is 26.2 Å². The predicted octanol–water partition coefficient (Wildman–Crippen LogP) is 0.328. The average Bonchev–Trinajstić information content (AvgIpc) is 2.79. The van der Waals surface area contributed by atoms with Crippen molar-refractivity contribution in [2.75, 3.05) is 20.6 Å². The van der Waals surface area contributed by atoms with E-state index in [9.17, 15) is 14.4 Å². The quantitative estimate of drug-likeness (QED) is 0.753. The van der Waals surface area contributed by atoms with Crippen molar-refractivity contribution in [1.29, 1.82) is 0 Å². The maximum absolute atomic E-state index is 12.0. The number of amides is 2.